The van der Waals surface area contributed by atoms with Gasteiger partial charge in [0.05, 0.1) is 24.0 Å². The van der Waals surface area contributed by atoms with Gasteiger partial charge in [-0.3, -0.25) is 4.68 Å². The molecule has 0 unspecified atom stereocenters. The van der Waals surface area contributed by atoms with Crippen molar-refractivity contribution in [2.24, 2.45) is 0 Å². The van der Waals surface area contributed by atoms with E-state index in [1.54, 1.807) is 29.4 Å². The first-order valence-corrected chi connectivity index (χ1v) is 12.5. The molecular weight excluding hydrogens is 492 g/mol. The Morgan fingerprint density at radius 2 is 1.78 bits per heavy atom. The zero-order chi connectivity index (χ0) is 26.2. The Morgan fingerprint density at radius 1 is 1.05 bits per heavy atom. The molecule has 1 aliphatic heterocycles. The maximum Gasteiger partial charge on any atom is 0.410 e. The van der Waals surface area contributed by atoms with Gasteiger partial charge in [-0.05, 0) is 63.9 Å². The molecule has 5 rings (SSSR count). The minimum atomic E-state index is -0.501. The van der Waals surface area contributed by atoms with Crippen molar-refractivity contribution in [1.29, 1.82) is 0 Å². The number of oxazole rings is 1. The number of likely N-dealkylation sites (tertiary alicyclic amines) is 1. The molecule has 1 saturated heterocycles. The SMILES string of the molecule is CC(C)(C)OC(=O)N1CCC(n2cc(-c3cnc(N)c(-c4ncc(-c5ccc(Cl)cc5)o4)c3)cn2)CC1. The van der Waals surface area contributed by atoms with Gasteiger partial charge < -0.3 is 19.8 Å². The molecule has 10 heteroatoms. The van der Waals surface area contributed by atoms with Crippen LogP contribution in [-0.4, -0.2) is 49.4 Å². The third kappa shape index (κ3) is 5.61. The summed E-state index contributed by atoms with van der Waals surface area (Å²) in [5.41, 5.74) is 8.91. The number of benzene rings is 1. The lowest BCUT2D eigenvalue weighted by molar-refractivity contribution is 0.0185. The summed E-state index contributed by atoms with van der Waals surface area (Å²) >= 11 is 5.99. The van der Waals surface area contributed by atoms with Crippen molar-refractivity contribution in [2.75, 3.05) is 18.8 Å². The maximum absolute atomic E-state index is 12.4. The van der Waals surface area contributed by atoms with Gasteiger partial charge in [0.25, 0.3) is 0 Å². The molecule has 0 aliphatic carbocycles. The standard InChI is InChI=1S/C27H29ClN6O3/c1-27(2,3)37-26(35)33-10-8-21(9-11-33)34-16-19(14-32-34)18-12-22(24(29)30-13-18)25-31-15-23(36-25)17-4-6-20(28)7-5-17/h4-7,12-16,21H,8-11H2,1-3H3,(H2,29,30). The van der Waals surface area contributed by atoms with Crippen LogP contribution in [0.25, 0.3) is 33.9 Å². The molecule has 2 N–H and O–H groups in total. The molecule has 3 aromatic heterocycles. The average Bonchev–Trinajstić information content (AvgIpc) is 3.55. The molecule has 0 atom stereocenters. The Bertz CT molecular complexity index is 1400. The van der Waals surface area contributed by atoms with Gasteiger partial charge in [-0.1, -0.05) is 11.6 Å². The van der Waals surface area contributed by atoms with E-state index in [4.69, 9.17) is 26.5 Å². The number of pyridine rings is 1. The fourth-order valence-electron chi connectivity index (χ4n) is 4.28. The lowest BCUT2D eigenvalue weighted by atomic mass is 10.1. The van der Waals surface area contributed by atoms with Crippen LogP contribution in [0.4, 0.5) is 10.6 Å². The summed E-state index contributed by atoms with van der Waals surface area (Å²) in [6, 6.07) is 9.45. The fourth-order valence-corrected chi connectivity index (χ4v) is 4.40. The van der Waals surface area contributed by atoms with Crippen LogP contribution in [0.3, 0.4) is 0 Å². The number of ether oxygens (including phenoxy) is 1. The Hall–Kier alpha value is -3.85. The van der Waals surface area contributed by atoms with Crippen LogP contribution in [0.5, 0.6) is 0 Å². The number of carbonyl (C=O) groups is 1. The normalized spacial score (nSPS) is 14.6. The van der Waals surface area contributed by atoms with E-state index in [-0.39, 0.29) is 12.1 Å². The van der Waals surface area contributed by atoms with E-state index < -0.39 is 5.60 Å². The van der Waals surface area contributed by atoms with Crippen molar-refractivity contribution in [3.8, 4) is 33.9 Å². The van der Waals surface area contributed by atoms with Gasteiger partial charge in [-0.2, -0.15) is 5.10 Å². The van der Waals surface area contributed by atoms with E-state index in [2.05, 4.69) is 15.1 Å². The van der Waals surface area contributed by atoms with Gasteiger partial charge in [-0.25, -0.2) is 14.8 Å². The molecule has 1 amide bonds. The van der Waals surface area contributed by atoms with Crippen LogP contribution in [-0.2, 0) is 4.74 Å². The summed E-state index contributed by atoms with van der Waals surface area (Å²) in [6.07, 6.45) is 8.52. The van der Waals surface area contributed by atoms with Crippen molar-refractivity contribution in [1.82, 2.24) is 24.6 Å². The maximum atomic E-state index is 12.4. The van der Waals surface area contributed by atoms with Crippen LogP contribution < -0.4 is 5.73 Å². The Labute approximate surface area is 220 Å². The number of piperidine rings is 1. The largest absolute Gasteiger partial charge is 0.444 e. The van der Waals surface area contributed by atoms with Crippen molar-refractivity contribution in [3.05, 3.63) is 60.1 Å². The molecule has 37 heavy (non-hydrogen) atoms. The first kappa shape index (κ1) is 24.8. The average molecular weight is 521 g/mol. The van der Waals surface area contributed by atoms with Gasteiger partial charge in [0, 0.05) is 47.2 Å². The van der Waals surface area contributed by atoms with Crippen LogP contribution in [0, 0.1) is 0 Å². The minimum absolute atomic E-state index is 0.197. The fraction of sp³-hybridized carbons (Fsp3) is 0.333. The summed E-state index contributed by atoms with van der Waals surface area (Å²) < 4.78 is 13.4. The summed E-state index contributed by atoms with van der Waals surface area (Å²) in [6.45, 7) is 6.88. The molecule has 0 spiro atoms. The summed E-state index contributed by atoms with van der Waals surface area (Å²) in [5.74, 6) is 1.33. The highest BCUT2D eigenvalue weighted by Gasteiger charge is 2.28. The summed E-state index contributed by atoms with van der Waals surface area (Å²) in [5, 5.41) is 5.25. The Morgan fingerprint density at radius 3 is 2.49 bits per heavy atom. The third-order valence-corrected chi connectivity index (χ3v) is 6.46. The summed E-state index contributed by atoms with van der Waals surface area (Å²) in [7, 11) is 0. The molecule has 4 heterocycles. The highest BCUT2D eigenvalue weighted by Crippen LogP contribution is 2.33. The van der Waals surface area contributed by atoms with Gasteiger partial charge in [0.1, 0.15) is 11.4 Å². The van der Waals surface area contributed by atoms with E-state index >= 15 is 0 Å². The number of halogens is 1. The van der Waals surface area contributed by atoms with Gasteiger partial charge in [-0.15, -0.1) is 0 Å². The number of nitrogen functional groups attached to an aromatic ring is 1. The number of amides is 1. The number of anilines is 1. The van der Waals surface area contributed by atoms with Crippen LogP contribution >= 0.6 is 11.6 Å². The molecule has 9 nitrogen and oxygen atoms in total. The predicted octanol–water partition coefficient (Wildman–Crippen LogP) is 6.07. The first-order chi connectivity index (χ1) is 17.7. The first-order valence-electron chi connectivity index (χ1n) is 12.2. The van der Waals surface area contributed by atoms with Gasteiger partial charge in [0.15, 0.2) is 5.76 Å². The predicted molar refractivity (Wildman–Crippen MR) is 142 cm³/mol. The van der Waals surface area contributed by atoms with Gasteiger partial charge in [0.2, 0.25) is 5.89 Å². The topological polar surface area (TPSA) is 112 Å². The molecular formula is C27H29ClN6O3. The van der Waals surface area contributed by atoms with Crippen LogP contribution in [0.1, 0.15) is 39.7 Å². The Balaban J connectivity index is 1.30. The number of aromatic nitrogens is 4. The molecule has 0 radical (unpaired) electrons. The lowest BCUT2D eigenvalue weighted by Gasteiger charge is -2.33. The smallest absolute Gasteiger partial charge is 0.410 e. The second kappa shape index (κ2) is 9.89. The molecule has 1 aromatic carbocycles. The minimum Gasteiger partial charge on any atom is -0.444 e. The van der Waals surface area contributed by atoms with E-state index in [0.717, 1.165) is 29.5 Å². The van der Waals surface area contributed by atoms with Gasteiger partial charge >= 0.3 is 6.09 Å². The number of hydrogen-bond acceptors (Lipinski definition) is 7. The number of hydrogen-bond donors (Lipinski definition) is 1. The molecule has 0 saturated carbocycles. The summed E-state index contributed by atoms with van der Waals surface area (Å²) in [4.78, 5) is 22.9. The Kier molecular flexibility index (Phi) is 6.64. The molecule has 4 aromatic rings. The molecule has 1 fully saturated rings. The molecule has 1 aliphatic rings. The number of carbonyl (C=O) groups excluding carboxylic acids is 1. The zero-order valence-electron chi connectivity index (χ0n) is 21.0. The quantitative estimate of drug-likeness (QED) is 0.347. The number of rotatable bonds is 4. The second-order valence-corrected chi connectivity index (χ2v) is 10.5. The van der Waals surface area contributed by atoms with Crippen molar-refractivity contribution < 1.29 is 13.9 Å². The van der Waals surface area contributed by atoms with Crippen LogP contribution in [0.2, 0.25) is 5.02 Å². The zero-order valence-corrected chi connectivity index (χ0v) is 21.8. The van der Waals surface area contributed by atoms with Crippen LogP contribution in [0.15, 0.2) is 59.5 Å². The van der Waals surface area contributed by atoms with Crippen molar-refractivity contribution in [3.63, 3.8) is 0 Å². The number of nitrogens with zero attached hydrogens (tertiary/aromatic N) is 5. The van der Waals surface area contributed by atoms with E-state index in [9.17, 15) is 4.79 Å². The third-order valence-electron chi connectivity index (χ3n) is 6.21. The van der Waals surface area contributed by atoms with Crippen molar-refractivity contribution in [2.45, 2.75) is 45.3 Å². The van der Waals surface area contributed by atoms with E-state index in [1.165, 1.54) is 0 Å². The molecule has 192 valence electrons. The van der Waals surface area contributed by atoms with E-state index in [1.807, 2.05) is 56.0 Å². The monoisotopic (exact) mass is 520 g/mol. The number of nitrogens with two attached hydrogens (primary N) is 1. The molecule has 0 bridgehead atoms. The highest BCUT2D eigenvalue weighted by molar-refractivity contribution is 6.30. The highest BCUT2D eigenvalue weighted by atomic mass is 35.5. The van der Waals surface area contributed by atoms with Crippen molar-refractivity contribution >= 4 is 23.5 Å². The van der Waals surface area contributed by atoms with E-state index in [0.29, 0.717) is 41.1 Å². The second-order valence-electron chi connectivity index (χ2n) is 10.1. The lowest BCUT2D eigenvalue weighted by Crippen LogP contribution is -2.42.